The third-order valence-corrected chi connectivity index (χ3v) is 4.13. The summed E-state index contributed by atoms with van der Waals surface area (Å²) >= 11 is 0. The highest BCUT2D eigenvalue weighted by molar-refractivity contribution is 5.75. The van der Waals surface area contributed by atoms with Crippen molar-refractivity contribution in [3.63, 3.8) is 0 Å². The number of amides is 1. The lowest BCUT2D eigenvalue weighted by atomic mass is 10.0. The predicted octanol–water partition coefficient (Wildman–Crippen LogP) is 0.211. The fraction of sp³-hybridized carbons (Fsp3) is 0.500. The van der Waals surface area contributed by atoms with Crippen molar-refractivity contribution in [2.75, 3.05) is 24.5 Å². The molecule has 1 aliphatic rings. The molecule has 128 valence electrons. The van der Waals surface area contributed by atoms with Gasteiger partial charge in [-0.05, 0) is 25.0 Å². The van der Waals surface area contributed by atoms with Crippen molar-refractivity contribution < 1.29 is 9.90 Å². The summed E-state index contributed by atoms with van der Waals surface area (Å²) in [4.78, 5) is 22.3. The Morgan fingerprint density at radius 2 is 2.12 bits per heavy atom. The number of carbonyl (C=O) groups excluding carboxylic acids is 1. The second kappa shape index (κ2) is 7.39. The normalized spacial score (nSPS) is 20.3. The molecule has 2 aromatic heterocycles. The van der Waals surface area contributed by atoms with Crippen LogP contribution in [-0.4, -0.2) is 56.0 Å². The number of anilines is 1. The highest BCUT2D eigenvalue weighted by Gasteiger charge is 2.37. The molecule has 0 spiro atoms. The second-order valence-corrected chi connectivity index (χ2v) is 6.09. The Hall–Kier alpha value is -2.48. The molecule has 8 nitrogen and oxygen atoms in total. The van der Waals surface area contributed by atoms with Gasteiger partial charge in [-0.2, -0.15) is 5.10 Å². The van der Waals surface area contributed by atoms with Crippen molar-refractivity contribution in [1.29, 1.82) is 0 Å². The molecule has 0 radical (unpaired) electrons. The maximum Gasteiger partial charge on any atom is 0.225 e. The van der Waals surface area contributed by atoms with Crippen LogP contribution in [0.3, 0.4) is 0 Å². The van der Waals surface area contributed by atoms with Crippen LogP contribution < -0.4 is 10.2 Å². The molecular formula is C16H22N6O2. The highest BCUT2D eigenvalue weighted by atomic mass is 16.3. The number of carbonyl (C=O) groups is 1. The van der Waals surface area contributed by atoms with Crippen molar-refractivity contribution in [1.82, 2.24) is 25.1 Å². The zero-order valence-electron chi connectivity index (χ0n) is 13.5. The minimum atomic E-state index is -0.934. The molecule has 1 saturated heterocycles. The lowest BCUT2D eigenvalue weighted by Gasteiger charge is -2.23. The summed E-state index contributed by atoms with van der Waals surface area (Å²) in [6, 6.07) is 3.62. The number of aromatic nitrogens is 4. The van der Waals surface area contributed by atoms with Gasteiger partial charge in [-0.3, -0.25) is 9.48 Å². The Bertz CT molecular complexity index is 648. The van der Waals surface area contributed by atoms with E-state index in [1.807, 2.05) is 17.2 Å². The number of nitrogens with zero attached hydrogens (tertiary/aromatic N) is 5. The molecule has 0 aliphatic carbocycles. The fourth-order valence-corrected chi connectivity index (χ4v) is 2.81. The van der Waals surface area contributed by atoms with Gasteiger partial charge in [-0.25, -0.2) is 9.97 Å². The Labute approximate surface area is 140 Å². The molecule has 0 aromatic carbocycles. The summed E-state index contributed by atoms with van der Waals surface area (Å²) in [5.41, 5.74) is -0.934. The predicted molar refractivity (Wildman–Crippen MR) is 88.3 cm³/mol. The van der Waals surface area contributed by atoms with Crippen LogP contribution in [0.1, 0.15) is 19.3 Å². The molecule has 2 N–H and O–H groups in total. The van der Waals surface area contributed by atoms with E-state index in [-0.39, 0.29) is 12.5 Å². The van der Waals surface area contributed by atoms with Gasteiger partial charge in [0.1, 0.15) is 5.60 Å². The molecule has 1 amide bonds. The molecule has 1 unspecified atom stereocenters. The lowest BCUT2D eigenvalue weighted by Crippen LogP contribution is -2.45. The van der Waals surface area contributed by atoms with E-state index >= 15 is 0 Å². The maximum atomic E-state index is 11.9. The van der Waals surface area contributed by atoms with E-state index in [9.17, 15) is 9.90 Å². The van der Waals surface area contributed by atoms with Gasteiger partial charge in [0, 0.05) is 50.8 Å². The van der Waals surface area contributed by atoms with Crippen molar-refractivity contribution in [2.24, 2.45) is 0 Å². The number of aliphatic hydroxyl groups is 1. The van der Waals surface area contributed by atoms with E-state index in [1.54, 1.807) is 29.3 Å². The van der Waals surface area contributed by atoms with Crippen LogP contribution in [0.15, 0.2) is 36.9 Å². The zero-order chi connectivity index (χ0) is 16.8. The molecule has 3 rings (SSSR count). The number of nitrogens with one attached hydrogen (secondary N) is 1. The van der Waals surface area contributed by atoms with Gasteiger partial charge < -0.3 is 15.3 Å². The SMILES string of the molecule is O=C(CCCn1cccn1)NCC1(O)CCN(c2ncccn2)C1. The molecule has 8 heteroatoms. The third-order valence-electron chi connectivity index (χ3n) is 4.13. The van der Waals surface area contributed by atoms with Crippen LogP contribution in [0.25, 0.3) is 0 Å². The van der Waals surface area contributed by atoms with Gasteiger partial charge in [0.2, 0.25) is 11.9 Å². The first-order chi connectivity index (χ1) is 11.6. The minimum absolute atomic E-state index is 0.0509. The molecule has 1 fully saturated rings. The largest absolute Gasteiger partial charge is 0.386 e. The van der Waals surface area contributed by atoms with Gasteiger partial charge in [0.05, 0.1) is 6.54 Å². The highest BCUT2D eigenvalue weighted by Crippen LogP contribution is 2.23. The maximum absolute atomic E-state index is 11.9. The first-order valence-corrected chi connectivity index (χ1v) is 8.13. The smallest absolute Gasteiger partial charge is 0.225 e. The Balaban J connectivity index is 1.40. The average Bonchev–Trinajstić information content (AvgIpc) is 3.24. The number of aryl methyl sites for hydroxylation is 1. The standard InChI is InChI=1S/C16H22N6O2/c23-14(4-1-9-22-10-3-8-20-22)19-12-16(24)5-11-21(13-16)15-17-6-2-7-18-15/h2-3,6-8,10,24H,1,4-5,9,11-13H2,(H,19,23). The average molecular weight is 330 g/mol. The van der Waals surface area contributed by atoms with Gasteiger partial charge in [0.15, 0.2) is 0 Å². The fourth-order valence-electron chi connectivity index (χ4n) is 2.81. The summed E-state index contributed by atoms with van der Waals surface area (Å²) in [5, 5.41) is 17.6. The number of rotatable bonds is 7. The molecule has 1 atom stereocenters. The van der Waals surface area contributed by atoms with E-state index in [1.165, 1.54) is 0 Å². The zero-order valence-corrected chi connectivity index (χ0v) is 13.5. The van der Waals surface area contributed by atoms with E-state index in [0.29, 0.717) is 38.4 Å². The number of β-amino-alcohol motifs (C(OH)–C–C–N with tert-alkyl or cyclic N) is 1. The Morgan fingerprint density at radius 3 is 2.88 bits per heavy atom. The van der Waals surface area contributed by atoms with Crippen molar-refractivity contribution >= 4 is 11.9 Å². The molecule has 1 aliphatic heterocycles. The minimum Gasteiger partial charge on any atom is -0.386 e. The molecule has 0 bridgehead atoms. The van der Waals surface area contributed by atoms with Crippen LogP contribution >= 0.6 is 0 Å². The molecule has 2 aromatic rings. The first-order valence-electron chi connectivity index (χ1n) is 8.13. The second-order valence-electron chi connectivity index (χ2n) is 6.09. The summed E-state index contributed by atoms with van der Waals surface area (Å²) in [5.74, 6) is 0.559. The summed E-state index contributed by atoms with van der Waals surface area (Å²) < 4.78 is 1.80. The summed E-state index contributed by atoms with van der Waals surface area (Å²) in [6.07, 6.45) is 8.68. The van der Waals surface area contributed by atoms with Crippen molar-refractivity contribution in [3.05, 3.63) is 36.9 Å². The summed E-state index contributed by atoms with van der Waals surface area (Å²) in [7, 11) is 0. The van der Waals surface area contributed by atoms with Gasteiger partial charge >= 0.3 is 0 Å². The van der Waals surface area contributed by atoms with E-state index in [0.717, 1.165) is 6.42 Å². The molecule has 3 heterocycles. The van der Waals surface area contributed by atoms with Crippen LogP contribution in [0.5, 0.6) is 0 Å². The van der Waals surface area contributed by atoms with E-state index in [2.05, 4.69) is 20.4 Å². The Morgan fingerprint density at radius 1 is 1.29 bits per heavy atom. The topological polar surface area (TPSA) is 96.2 Å². The number of hydrogen-bond acceptors (Lipinski definition) is 6. The first kappa shape index (κ1) is 16.4. The summed E-state index contributed by atoms with van der Waals surface area (Å²) in [6.45, 7) is 2.06. The van der Waals surface area contributed by atoms with Gasteiger partial charge in [-0.15, -0.1) is 0 Å². The van der Waals surface area contributed by atoms with Crippen LogP contribution in [0.4, 0.5) is 5.95 Å². The van der Waals surface area contributed by atoms with E-state index < -0.39 is 5.60 Å². The monoisotopic (exact) mass is 330 g/mol. The van der Waals surface area contributed by atoms with Crippen molar-refractivity contribution in [2.45, 2.75) is 31.4 Å². The van der Waals surface area contributed by atoms with Gasteiger partial charge in [0.25, 0.3) is 0 Å². The molecule has 0 saturated carbocycles. The molecule has 24 heavy (non-hydrogen) atoms. The van der Waals surface area contributed by atoms with Gasteiger partial charge in [-0.1, -0.05) is 0 Å². The van der Waals surface area contributed by atoms with Crippen LogP contribution in [0.2, 0.25) is 0 Å². The third kappa shape index (κ3) is 4.29. The van der Waals surface area contributed by atoms with E-state index in [4.69, 9.17) is 0 Å². The van der Waals surface area contributed by atoms with Crippen molar-refractivity contribution in [3.8, 4) is 0 Å². The number of hydrogen-bond donors (Lipinski definition) is 2. The molecular weight excluding hydrogens is 308 g/mol. The Kier molecular flexibility index (Phi) is 5.05. The van der Waals surface area contributed by atoms with Crippen LogP contribution in [-0.2, 0) is 11.3 Å². The lowest BCUT2D eigenvalue weighted by molar-refractivity contribution is -0.122. The quantitative estimate of drug-likeness (QED) is 0.753. The van der Waals surface area contributed by atoms with Crippen LogP contribution in [0, 0.1) is 0 Å².